The first kappa shape index (κ1) is 21.6. The molecule has 1 aromatic carbocycles. The molecule has 1 rings (SSSR count). The monoisotopic (exact) mass is 345 g/mol. The fourth-order valence-corrected chi connectivity index (χ4v) is 1.80. The van der Waals surface area contributed by atoms with Crippen molar-refractivity contribution >= 4 is 16.1 Å². The Labute approximate surface area is 138 Å². The van der Waals surface area contributed by atoms with Gasteiger partial charge in [-0.3, -0.25) is 0 Å². The first-order chi connectivity index (χ1) is 10.4. The van der Waals surface area contributed by atoms with Gasteiger partial charge in [-0.2, -0.15) is 0 Å². The van der Waals surface area contributed by atoms with Gasteiger partial charge in [0.15, 0.2) is 6.04 Å². The summed E-state index contributed by atoms with van der Waals surface area (Å²) < 4.78 is 36.2. The second-order valence-corrected chi connectivity index (χ2v) is 7.52. The van der Waals surface area contributed by atoms with Crippen molar-refractivity contribution in [2.75, 3.05) is 6.61 Å². The largest absolute Gasteiger partial charge is 0.744 e. The maximum atomic E-state index is 11.2. The topological polar surface area (TPSA) is 111 Å². The Morgan fingerprint density at radius 3 is 2.00 bits per heavy atom. The summed E-state index contributed by atoms with van der Waals surface area (Å²) in [5.41, 5.74) is 4.67. The van der Waals surface area contributed by atoms with Gasteiger partial charge in [0.2, 0.25) is 0 Å². The summed E-state index contributed by atoms with van der Waals surface area (Å²) in [6.07, 6.45) is 0. The first-order valence-electron chi connectivity index (χ1n) is 7.47. The van der Waals surface area contributed by atoms with Crippen LogP contribution in [0.3, 0.4) is 0 Å². The van der Waals surface area contributed by atoms with Crippen LogP contribution in [0.4, 0.5) is 0 Å². The van der Waals surface area contributed by atoms with Gasteiger partial charge in [-0.15, -0.1) is 0 Å². The van der Waals surface area contributed by atoms with Crippen molar-refractivity contribution in [2.24, 2.45) is 11.8 Å². The van der Waals surface area contributed by atoms with E-state index in [0.717, 1.165) is 5.56 Å². The summed E-state index contributed by atoms with van der Waals surface area (Å²) in [5.74, 6) is 0.469. The molecule has 23 heavy (non-hydrogen) atoms. The molecule has 0 saturated heterocycles. The second kappa shape index (κ2) is 9.64. The van der Waals surface area contributed by atoms with Gasteiger partial charge in [0.05, 0.1) is 11.5 Å². The minimum absolute atomic E-state index is 0.178. The Balaban J connectivity index is 0.000000422. The average Bonchev–Trinajstić information content (AvgIpc) is 2.43. The van der Waals surface area contributed by atoms with Crippen molar-refractivity contribution in [2.45, 2.75) is 45.6 Å². The number of carbonyl (C=O) groups excluding carboxylic acids is 1. The molecule has 7 heteroatoms. The van der Waals surface area contributed by atoms with Crippen LogP contribution in [0.2, 0.25) is 0 Å². The minimum Gasteiger partial charge on any atom is -0.744 e. The molecular formula is C16H27NO5S. The molecule has 0 aliphatic heterocycles. The van der Waals surface area contributed by atoms with Gasteiger partial charge in [-0.05, 0) is 25.0 Å². The van der Waals surface area contributed by atoms with Crippen molar-refractivity contribution in [1.82, 2.24) is 0 Å². The SMILES string of the molecule is CC(C)COC(=O)[C@@H]([NH3+])C(C)C.Cc1ccc(S(=O)(=O)[O-])cc1. The highest BCUT2D eigenvalue weighted by Crippen LogP contribution is 2.08. The van der Waals surface area contributed by atoms with Crippen molar-refractivity contribution < 1.29 is 28.2 Å². The highest BCUT2D eigenvalue weighted by atomic mass is 32.2. The molecule has 0 aliphatic rings. The third-order valence-electron chi connectivity index (χ3n) is 2.98. The van der Waals surface area contributed by atoms with E-state index in [1.165, 1.54) is 12.1 Å². The number of quaternary nitrogens is 1. The predicted octanol–water partition coefficient (Wildman–Crippen LogP) is 1.35. The lowest BCUT2D eigenvalue weighted by Crippen LogP contribution is -2.67. The third kappa shape index (κ3) is 9.32. The summed E-state index contributed by atoms with van der Waals surface area (Å²) in [6.45, 7) is 10.3. The van der Waals surface area contributed by atoms with Crippen LogP contribution in [-0.2, 0) is 19.6 Å². The zero-order chi connectivity index (χ0) is 18.2. The van der Waals surface area contributed by atoms with E-state index in [4.69, 9.17) is 4.74 Å². The molecule has 0 spiro atoms. The molecule has 0 radical (unpaired) electrons. The number of esters is 1. The van der Waals surface area contributed by atoms with Gasteiger partial charge < -0.3 is 15.0 Å². The van der Waals surface area contributed by atoms with Crippen LogP contribution in [0.5, 0.6) is 0 Å². The Hall–Kier alpha value is -1.44. The summed E-state index contributed by atoms with van der Waals surface area (Å²) in [6, 6.07) is 5.55. The molecule has 0 unspecified atom stereocenters. The van der Waals surface area contributed by atoms with E-state index in [0.29, 0.717) is 12.5 Å². The molecular weight excluding hydrogens is 318 g/mol. The predicted molar refractivity (Wildman–Crippen MR) is 86.5 cm³/mol. The minimum atomic E-state index is -4.27. The molecule has 0 aromatic heterocycles. The molecule has 0 fully saturated rings. The number of benzene rings is 1. The molecule has 0 amide bonds. The van der Waals surface area contributed by atoms with Crippen LogP contribution in [0, 0.1) is 18.8 Å². The lowest BCUT2D eigenvalue weighted by Gasteiger charge is -2.12. The van der Waals surface area contributed by atoms with E-state index in [1.54, 1.807) is 12.1 Å². The molecule has 0 aliphatic carbocycles. The summed E-state index contributed by atoms with van der Waals surface area (Å²) >= 11 is 0. The molecule has 0 heterocycles. The average molecular weight is 345 g/mol. The molecule has 0 saturated carbocycles. The molecule has 1 aromatic rings. The number of hydrogen-bond donors (Lipinski definition) is 1. The number of carbonyl (C=O) groups is 1. The normalized spacial score (nSPS) is 12.6. The van der Waals surface area contributed by atoms with E-state index in [9.17, 15) is 17.8 Å². The Bertz CT molecular complexity index is 579. The van der Waals surface area contributed by atoms with E-state index < -0.39 is 10.1 Å². The van der Waals surface area contributed by atoms with Gasteiger partial charge in [-0.1, -0.05) is 45.4 Å². The molecule has 132 valence electrons. The van der Waals surface area contributed by atoms with Crippen LogP contribution in [-0.4, -0.2) is 31.6 Å². The van der Waals surface area contributed by atoms with Gasteiger partial charge in [-0.25, -0.2) is 13.2 Å². The maximum absolute atomic E-state index is 11.2. The second-order valence-electron chi connectivity index (χ2n) is 6.14. The first-order valence-corrected chi connectivity index (χ1v) is 8.88. The van der Waals surface area contributed by atoms with Crippen molar-refractivity contribution in [3.05, 3.63) is 29.8 Å². The zero-order valence-electron chi connectivity index (χ0n) is 14.4. The van der Waals surface area contributed by atoms with E-state index >= 15 is 0 Å². The van der Waals surface area contributed by atoms with Gasteiger partial charge in [0, 0.05) is 5.92 Å². The Morgan fingerprint density at radius 1 is 1.17 bits per heavy atom. The quantitative estimate of drug-likeness (QED) is 0.639. The Morgan fingerprint density at radius 2 is 1.65 bits per heavy atom. The van der Waals surface area contributed by atoms with Crippen LogP contribution >= 0.6 is 0 Å². The smallest absolute Gasteiger partial charge is 0.365 e. The lowest BCUT2D eigenvalue weighted by molar-refractivity contribution is -0.418. The molecule has 1 atom stereocenters. The number of rotatable bonds is 5. The van der Waals surface area contributed by atoms with Crippen molar-refractivity contribution in [3.63, 3.8) is 0 Å². The van der Waals surface area contributed by atoms with Crippen LogP contribution < -0.4 is 5.73 Å². The third-order valence-corrected chi connectivity index (χ3v) is 3.83. The van der Waals surface area contributed by atoms with E-state index in [1.807, 2.05) is 34.6 Å². The van der Waals surface area contributed by atoms with Crippen LogP contribution in [0.25, 0.3) is 0 Å². The standard InChI is InChI=1S/C9H19NO2.C7H8O3S/c1-6(2)5-12-9(11)8(10)7(3)4;1-6-2-4-7(5-3-6)11(8,9)10/h6-8H,5,10H2,1-4H3;2-5H,1H3,(H,8,9,10)/t8-;/m0./s1. The molecule has 6 nitrogen and oxygen atoms in total. The zero-order valence-corrected chi connectivity index (χ0v) is 15.2. The van der Waals surface area contributed by atoms with Gasteiger partial charge in [0.1, 0.15) is 10.1 Å². The summed E-state index contributed by atoms with van der Waals surface area (Å²) in [4.78, 5) is 11.0. The van der Waals surface area contributed by atoms with Crippen molar-refractivity contribution in [3.8, 4) is 0 Å². The molecule has 0 bridgehead atoms. The highest BCUT2D eigenvalue weighted by Gasteiger charge is 2.22. The van der Waals surface area contributed by atoms with E-state index in [2.05, 4.69) is 5.73 Å². The fraction of sp³-hybridized carbons (Fsp3) is 0.562. The van der Waals surface area contributed by atoms with E-state index in [-0.39, 0.29) is 22.8 Å². The number of aryl methyl sites for hydroxylation is 1. The number of ether oxygens (including phenoxy) is 1. The molecule has 3 N–H and O–H groups in total. The Kier molecular flexibility index (Phi) is 9.04. The summed E-state index contributed by atoms with van der Waals surface area (Å²) in [5, 5.41) is 0. The van der Waals surface area contributed by atoms with Crippen LogP contribution in [0.15, 0.2) is 29.2 Å². The number of hydrogen-bond acceptors (Lipinski definition) is 5. The van der Waals surface area contributed by atoms with Crippen LogP contribution in [0.1, 0.15) is 33.3 Å². The lowest BCUT2D eigenvalue weighted by atomic mass is 10.1. The fourth-order valence-electron chi connectivity index (χ4n) is 1.33. The van der Waals surface area contributed by atoms with Crippen molar-refractivity contribution in [1.29, 1.82) is 0 Å². The van der Waals surface area contributed by atoms with Gasteiger partial charge >= 0.3 is 5.97 Å². The summed E-state index contributed by atoms with van der Waals surface area (Å²) in [7, 11) is -4.27. The highest BCUT2D eigenvalue weighted by molar-refractivity contribution is 7.85. The maximum Gasteiger partial charge on any atom is 0.365 e. The van der Waals surface area contributed by atoms with Gasteiger partial charge in [0.25, 0.3) is 0 Å².